The number of aromatic nitrogens is 2. The molecular formula is C27H25F9N6O3. The maximum Gasteiger partial charge on any atom is 0.418 e. The predicted octanol–water partition coefficient (Wildman–Crippen LogP) is 5.74. The number of H-pyrrole nitrogens is 1. The number of nitrogens with zero attached hydrogens (tertiary/aromatic N) is 2. The Morgan fingerprint density at radius 1 is 1.04 bits per heavy atom. The Morgan fingerprint density at radius 2 is 1.73 bits per heavy atom. The Hall–Kier alpha value is -4.22. The van der Waals surface area contributed by atoms with E-state index >= 15 is 0 Å². The van der Waals surface area contributed by atoms with Gasteiger partial charge in [0.2, 0.25) is 11.9 Å². The highest BCUT2D eigenvalue weighted by Crippen LogP contribution is 2.41. The smallest absolute Gasteiger partial charge is 0.418 e. The van der Waals surface area contributed by atoms with Gasteiger partial charge in [-0.2, -0.15) is 39.5 Å². The number of hydrogen-bond acceptors (Lipinski definition) is 6. The number of nitrogens with one attached hydrogen (secondary N) is 3. The van der Waals surface area contributed by atoms with Crippen molar-refractivity contribution in [2.75, 3.05) is 12.0 Å². The SMILES string of the molecule is NC(C(=O)NCc1ccc(C(F)(F)F)c(Nc2nc3cc4c(cc3[nH]2)OCN([C@H]2CC[C@H](C(F)(F)F)CC2)C4=O)c1)C(F)(F)F. The van der Waals surface area contributed by atoms with Crippen molar-refractivity contribution in [3.05, 3.63) is 47.0 Å². The molecule has 9 nitrogen and oxygen atoms in total. The normalized spacial score (nSPS) is 20.0. The minimum atomic E-state index is -5.01. The monoisotopic (exact) mass is 652 g/mol. The fourth-order valence-corrected chi connectivity index (χ4v) is 5.35. The van der Waals surface area contributed by atoms with E-state index in [2.05, 4.69) is 15.3 Å². The van der Waals surface area contributed by atoms with Gasteiger partial charge in [-0.05, 0) is 49.4 Å². The topological polar surface area (TPSA) is 125 Å². The second kappa shape index (κ2) is 11.6. The van der Waals surface area contributed by atoms with E-state index in [1.165, 1.54) is 17.0 Å². The van der Waals surface area contributed by atoms with Crippen LogP contribution in [0.15, 0.2) is 30.3 Å². The number of imidazole rings is 1. The minimum absolute atomic E-state index is 0.0168. The number of amides is 2. The molecule has 0 saturated heterocycles. The zero-order valence-electron chi connectivity index (χ0n) is 23.0. The lowest BCUT2D eigenvalue weighted by Gasteiger charge is -2.39. The third-order valence-electron chi connectivity index (χ3n) is 7.78. The van der Waals surface area contributed by atoms with Crippen molar-refractivity contribution < 1.29 is 53.8 Å². The molecule has 18 heteroatoms. The maximum atomic E-state index is 13.8. The molecule has 5 rings (SSSR count). The van der Waals surface area contributed by atoms with Crippen LogP contribution in [0.3, 0.4) is 0 Å². The van der Waals surface area contributed by atoms with Crippen molar-refractivity contribution in [1.82, 2.24) is 20.2 Å². The first-order chi connectivity index (χ1) is 20.9. The molecule has 1 aromatic heterocycles. The summed E-state index contributed by atoms with van der Waals surface area (Å²) in [5, 5.41) is 4.42. The van der Waals surface area contributed by atoms with Gasteiger partial charge in [0, 0.05) is 18.7 Å². The highest BCUT2D eigenvalue weighted by Gasteiger charge is 2.44. The molecule has 5 N–H and O–H groups in total. The summed E-state index contributed by atoms with van der Waals surface area (Å²) in [5.41, 5.74) is 3.71. The van der Waals surface area contributed by atoms with Gasteiger partial charge in [0.15, 0.2) is 12.8 Å². The number of hydrogen-bond donors (Lipinski definition) is 4. The lowest BCUT2D eigenvalue weighted by atomic mass is 9.84. The number of halogens is 9. The quantitative estimate of drug-likeness (QED) is 0.252. The second-order valence-electron chi connectivity index (χ2n) is 10.8. The first-order valence-electron chi connectivity index (χ1n) is 13.5. The van der Waals surface area contributed by atoms with Crippen LogP contribution in [-0.4, -0.2) is 57.8 Å². The van der Waals surface area contributed by atoms with Gasteiger partial charge in [-0.25, -0.2) is 4.98 Å². The zero-order chi connectivity index (χ0) is 32.9. The van der Waals surface area contributed by atoms with Crippen LogP contribution in [0.25, 0.3) is 11.0 Å². The summed E-state index contributed by atoms with van der Waals surface area (Å²) in [6, 6.07) is 2.11. The van der Waals surface area contributed by atoms with Gasteiger partial charge in [0.05, 0.1) is 33.8 Å². The Morgan fingerprint density at radius 3 is 2.36 bits per heavy atom. The predicted molar refractivity (Wildman–Crippen MR) is 140 cm³/mol. The number of aromatic amines is 1. The molecule has 2 aliphatic rings. The maximum absolute atomic E-state index is 13.8. The highest BCUT2D eigenvalue weighted by atomic mass is 19.4. The minimum Gasteiger partial charge on any atom is -0.472 e. The molecule has 1 aliphatic carbocycles. The molecule has 1 fully saturated rings. The summed E-state index contributed by atoms with van der Waals surface area (Å²) in [7, 11) is 0. The van der Waals surface area contributed by atoms with Crippen molar-refractivity contribution in [3.63, 3.8) is 0 Å². The molecule has 1 saturated carbocycles. The summed E-state index contributed by atoms with van der Waals surface area (Å²) in [6.07, 6.45) is -14.1. The summed E-state index contributed by atoms with van der Waals surface area (Å²) in [4.78, 5) is 33.3. The van der Waals surface area contributed by atoms with E-state index in [1.807, 2.05) is 5.32 Å². The Balaban J connectivity index is 1.34. The van der Waals surface area contributed by atoms with Crippen LogP contribution in [0.2, 0.25) is 0 Å². The molecule has 1 atom stereocenters. The third-order valence-corrected chi connectivity index (χ3v) is 7.78. The van der Waals surface area contributed by atoms with Gasteiger partial charge in [0.25, 0.3) is 5.91 Å². The number of anilines is 2. The molecule has 244 valence electrons. The van der Waals surface area contributed by atoms with Crippen LogP contribution in [0.1, 0.15) is 47.2 Å². The van der Waals surface area contributed by atoms with Gasteiger partial charge >= 0.3 is 18.5 Å². The number of carbonyl (C=O) groups excluding carboxylic acids is 2. The third kappa shape index (κ3) is 6.89. The summed E-state index contributed by atoms with van der Waals surface area (Å²) < 4.78 is 124. The zero-order valence-corrected chi connectivity index (χ0v) is 23.0. The molecule has 2 heterocycles. The average Bonchev–Trinajstić information content (AvgIpc) is 3.34. The van der Waals surface area contributed by atoms with Gasteiger partial charge in [-0.15, -0.1) is 0 Å². The first-order valence-corrected chi connectivity index (χ1v) is 13.5. The number of ether oxygens (including phenoxy) is 1. The van der Waals surface area contributed by atoms with Crippen LogP contribution < -0.4 is 21.1 Å². The van der Waals surface area contributed by atoms with Crippen molar-refractivity contribution in [1.29, 1.82) is 0 Å². The Bertz CT molecular complexity index is 1590. The van der Waals surface area contributed by atoms with Gasteiger partial charge < -0.3 is 31.0 Å². The van der Waals surface area contributed by atoms with Gasteiger partial charge in [-0.1, -0.05) is 6.07 Å². The molecule has 0 spiro atoms. The number of benzene rings is 2. The first kappa shape index (κ1) is 32.2. The number of fused-ring (bicyclic) bond motifs is 2. The molecule has 0 bridgehead atoms. The van der Waals surface area contributed by atoms with E-state index < -0.39 is 66.1 Å². The van der Waals surface area contributed by atoms with Crippen molar-refractivity contribution in [3.8, 4) is 5.75 Å². The van der Waals surface area contributed by atoms with E-state index in [-0.39, 0.29) is 66.3 Å². The van der Waals surface area contributed by atoms with E-state index in [1.54, 1.807) is 0 Å². The lowest BCUT2D eigenvalue weighted by molar-refractivity contribution is -0.184. The Kier molecular flexibility index (Phi) is 8.30. The van der Waals surface area contributed by atoms with Crippen molar-refractivity contribution in [2.24, 2.45) is 11.7 Å². The second-order valence-corrected chi connectivity index (χ2v) is 10.8. The largest absolute Gasteiger partial charge is 0.472 e. The van der Waals surface area contributed by atoms with Crippen LogP contribution in [0, 0.1) is 5.92 Å². The lowest BCUT2D eigenvalue weighted by Crippen LogP contribution is -2.49. The molecule has 3 aromatic rings. The molecule has 1 unspecified atom stereocenters. The standard InChI is InChI=1S/C27H25F9N6O3/c28-25(29,30)13-2-4-14(5-3-13)42-11-45-20-9-19-18(8-15(20)23(42)44)40-24(41-19)39-17-7-12(1-6-16(17)26(31,32)33)10-38-22(43)21(37)27(34,35)36/h1,6-9,13-14,21H,2-5,10-11,37H2,(H,38,43)(H2,39,40,41)/t13-,14-,21?. The molecule has 2 amide bonds. The molecule has 2 aromatic carbocycles. The number of nitrogens with two attached hydrogens (primary N) is 1. The summed E-state index contributed by atoms with van der Waals surface area (Å²) in [6.45, 7) is -0.750. The molecule has 45 heavy (non-hydrogen) atoms. The fraction of sp³-hybridized carbons (Fsp3) is 0.444. The van der Waals surface area contributed by atoms with Crippen LogP contribution in [-0.2, 0) is 17.5 Å². The highest BCUT2D eigenvalue weighted by molar-refractivity contribution is 6.01. The number of rotatable bonds is 6. The fourth-order valence-electron chi connectivity index (χ4n) is 5.35. The Labute approximate surface area is 248 Å². The summed E-state index contributed by atoms with van der Waals surface area (Å²) in [5.74, 6) is -3.52. The van der Waals surface area contributed by atoms with Crippen molar-refractivity contribution in [2.45, 2.75) is 62.8 Å². The number of carbonyl (C=O) groups is 2. The van der Waals surface area contributed by atoms with Gasteiger partial charge in [-0.3, -0.25) is 9.59 Å². The molecular weight excluding hydrogens is 627 g/mol. The van der Waals surface area contributed by atoms with E-state index in [9.17, 15) is 49.1 Å². The van der Waals surface area contributed by atoms with E-state index in [0.29, 0.717) is 6.07 Å². The molecule has 0 radical (unpaired) electrons. The van der Waals surface area contributed by atoms with E-state index in [0.717, 1.165) is 12.1 Å². The van der Waals surface area contributed by atoms with Crippen LogP contribution in [0.5, 0.6) is 5.75 Å². The average molecular weight is 653 g/mol. The number of alkyl halides is 9. The summed E-state index contributed by atoms with van der Waals surface area (Å²) >= 11 is 0. The van der Waals surface area contributed by atoms with Crippen LogP contribution in [0.4, 0.5) is 51.1 Å². The van der Waals surface area contributed by atoms with E-state index in [4.69, 9.17) is 10.5 Å². The van der Waals surface area contributed by atoms with Crippen molar-refractivity contribution >= 4 is 34.5 Å². The van der Waals surface area contributed by atoms with Gasteiger partial charge in [0.1, 0.15) is 5.75 Å². The van der Waals surface area contributed by atoms with Crippen LogP contribution >= 0.6 is 0 Å². The molecule has 1 aliphatic heterocycles.